The lowest BCUT2D eigenvalue weighted by molar-refractivity contribution is 0.0952. The first-order valence-electron chi connectivity index (χ1n) is 11.3. The zero-order valence-corrected chi connectivity index (χ0v) is 19.8. The van der Waals surface area contributed by atoms with Gasteiger partial charge in [-0.15, -0.1) is 0 Å². The summed E-state index contributed by atoms with van der Waals surface area (Å²) in [5.41, 5.74) is 0.284. The maximum Gasteiger partial charge on any atom is 0.251 e. The Morgan fingerprint density at radius 2 is 2.00 bits per heavy atom. The Morgan fingerprint density at radius 3 is 2.71 bits per heavy atom. The maximum absolute atomic E-state index is 12.7. The molecule has 2 fully saturated rings. The summed E-state index contributed by atoms with van der Waals surface area (Å²) >= 11 is 6.12. The molecule has 0 aromatic heterocycles. The number of piperidine rings is 1. The molecule has 1 unspecified atom stereocenters. The minimum atomic E-state index is -3.83. The fourth-order valence-corrected chi connectivity index (χ4v) is 5.58. The van der Waals surface area contributed by atoms with Crippen LogP contribution in [0.3, 0.4) is 0 Å². The van der Waals surface area contributed by atoms with Gasteiger partial charge in [0.25, 0.3) is 5.91 Å². The van der Waals surface area contributed by atoms with Crippen molar-refractivity contribution in [2.24, 2.45) is 5.92 Å². The Hall–Kier alpha value is -1.19. The normalized spacial score (nSPS) is 20.8. The number of benzene rings is 1. The van der Waals surface area contributed by atoms with Crippen LogP contribution in [0, 0.1) is 5.92 Å². The highest BCUT2D eigenvalue weighted by atomic mass is 35.5. The Labute approximate surface area is 190 Å². The quantitative estimate of drug-likeness (QED) is 0.512. The van der Waals surface area contributed by atoms with E-state index in [0.29, 0.717) is 13.2 Å². The highest BCUT2D eigenvalue weighted by Crippen LogP contribution is 2.23. The molecule has 0 aliphatic carbocycles. The number of amides is 1. The number of unbranched alkanes of at least 4 members (excludes halogenated alkanes) is 1. The molecule has 2 aliphatic heterocycles. The van der Waals surface area contributed by atoms with Gasteiger partial charge < -0.3 is 15.0 Å². The monoisotopic (exact) mass is 471 g/mol. The molecule has 0 bridgehead atoms. The van der Waals surface area contributed by atoms with Gasteiger partial charge in [-0.05, 0) is 82.3 Å². The highest BCUT2D eigenvalue weighted by Gasteiger charge is 2.23. The molecule has 0 saturated carbocycles. The van der Waals surface area contributed by atoms with Crippen LogP contribution in [0.1, 0.15) is 55.8 Å². The second-order valence-corrected chi connectivity index (χ2v) is 10.8. The Kier molecular flexibility index (Phi) is 9.16. The molecule has 0 spiro atoms. The molecule has 2 saturated heterocycles. The van der Waals surface area contributed by atoms with Gasteiger partial charge in [0.15, 0.2) is 0 Å². The molecule has 2 N–H and O–H groups in total. The number of ether oxygens (including phenoxy) is 1. The molecular weight excluding hydrogens is 438 g/mol. The first-order valence-corrected chi connectivity index (χ1v) is 13.1. The van der Waals surface area contributed by atoms with Crippen LogP contribution in [0.2, 0.25) is 5.02 Å². The Morgan fingerprint density at radius 1 is 1.23 bits per heavy atom. The van der Waals surface area contributed by atoms with Gasteiger partial charge in [-0.25, -0.2) is 13.1 Å². The van der Waals surface area contributed by atoms with Gasteiger partial charge in [0.1, 0.15) is 4.90 Å². The number of nitrogens with zero attached hydrogens (tertiary/aromatic N) is 1. The summed E-state index contributed by atoms with van der Waals surface area (Å²) in [6.07, 6.45) is 6.09. The number of carbonyl (C=O) groups is 1. The number of hydrogen-bond acceptors (Lipinski definition) is 5. The molecular formula is C22H34ClN3O4S. The van der Waals surface area contributed by atoms with E-state index in [4.69, 9.17) is 16.3 Å². The number of rotatable bonds is 10. The van der Waals surface area contributed by atoms with Crippen LogP contribution < -0.4 is 10.0 Å². The second-order valence-electron chi connectivity index (χ2n) is 8.62. The summed E-state index contributed by atoms with van der Waals surface area (Å²) < 4.78 is 33.3. The lowest BCUT2D eigenvalue weighted by Gasteiger charge is -2.30. The number of halogens is 1. The van der Waals surface area contributed by atoms with Crippen LogP contribution in [0.25, 0.3) is 0 Å². The molecule has 1 amide bonds. The molecule has 7 nitrogen and oxygen atoms in total. The third-order valence-electron chi connectivity index (χ3n) is 6.07. The van der Waals surface area contributed by atoms with Crippen molar-refractivity contribution < 1.29 is 17.9 Å². The van der Waals surface area contributed by atoms with Crippen molar-refractivity contribution in [3.8, 4) is 0 Å². The van der Waals surface area contributed by atoms with Crippen molar-refractivity contribution in [2.75, 3.05) is 39.3 Å². The number of carbonyl (C=O) groups excluding carboxylic acids is 1. The van der Waals surface area contributed by atoms with Crippen molar-refractivity contribution in [1.82, 2.24) is 14.9 Å². The molecule has 2 aliphatic rings. The van der Waals surface area contributed by atoms with Crippen LogP contribution in [-0.2, 0) is 14.8 Å². The molecule has 3 rings (SSSR count). The number of hydrogen-bond donors (Lipinski definition) is 2. The molecule has 0 radical (unpaired) electrons. The van der Waals surface area contributed by atoms with Crippen molar-refractivity contribution in [3.05, 3.63) is 28.8 Å². The second kappa shape index (κ2) is 11.6. The SMILES string of the molecule is CC1CCN(CCCCNC(=O)c2ccc(Cl)c(S(=O)(=O)NCC3CCCO3)c2)CC1. The van der Waals surface area contributed by atoms with E-state index in [0.717, 1.165) is 51.2 Å². The average Bonchev–Trinajstić information content (AvgIpc) is 3.27. The number of nitrogens with one attached hydrogen (secondary N) is 2. The Bertz CT molecular complexity index is 835. The maximum atomic E-state index is 12.7. The number of likely N-dealkylation sites (tertiary alicyclic amines) is 1. The summed E-state index contributed by atoms with van der Waals surface area (Å²) in [5.74, 6) is 0.536. The van der Waals surface area contributed by atoms with E-state index >= 15 is 0 Å². The predicted molar refractivity (Wildman–Crippen MR) is 122 cm³/mol. The lowest BCUT2D eigenvalue weighted by atomic mass is 9.99. The Balaban J connectivity index is 1.46. The van der Waals surface area contributed by atoms with Crippen LogP contribution in [0.15, 0.2) is 23.1 Å². The van der Waals surface area contributed by atoms with Crippen molar-refractivity contribution in [3.63, 3.8) is 0 Å². The number of sulfonamides is 1. The average molecular weight is 472 g/mol. The first kappa shape index (κ1) is 24.5. The third-order valence-corrected chi connectivity index (χ3v) is 7.98. The van der Waals surface area contributed by atoms with Gasteiger partial charge in [-0.2, -0.15) is 0 Å². The third kappa shape index (κ3) is 7.43. The summed E-state index contributed by atoms with van der Waals surface area (Å²) in [6.45, 7) is 7.10. The summed E-state index contributed by atoms with van der Waals surface area (Å²) in [5, 5.41) is 2.97. The fourth-order valence-electron chi connectivity index (χ4n) is 3.99. The van der Waals surface area contributed by atoms with Gasteiger partial charge in [0, 0.05) is 25.3 Å². The zero-order valence-electron chi connectivity index (χ0n) is 18.2. The topological polar surface area (TPSA) is 87.7 Å². The standard InChI is InChI=1S/C22H34ClN3O4S/c1-17-8-12-26(13-9-17)11-3-2-10-24-22(27)18-6-7-20(23)21(15-18)31(28,29)25-16-19-5-4-14-30-19/h6-7,15,17,19,25H,2-5,8-14,16H2,1H3,(H,24,27). The summed E-state index contributed by atoms with van der Waals surface area (Å²) in [4.78, 5) is 14.9. The molecule has 1 aromatic carbocycles. The van der Waals surface area contributed by atoms with Gasteiger partial charge >= 0.3 is 0 Å². The van der Waals surface area contributed by atoms with E-state index in [1.54, 1.807) is 6.07 Å². The van der Waals surface area contributed by atoms with Crippen LogP contribution >= 0.6 is 11.6 Å². The van der Waals surface area contributed by atoms with E-state index in [1.165, 1.54) is 25.0 Å². The summed E-state index contributed by atoms with van der Waals surface area (Å²) in [6, 6.07) is 4.34. The minimum Gasteiger partial charge on any atom is -0.377 e. The molecule has 1 atom stereocenters. The highest BCUT2D eigenvalue weighted by molar-refractivity contribution is 7.89. The van der Waals surface area contributed by atoms with E-state index in [-0.39, 0.29) is 34.0 Å². The van der Waals surface area contributed by atoms with E-state index in [2.05, 4.69) is 21.9 Å². The van der Waals surface area contributed by atoms with Crippen molar-refractivity contribution in [1.29, 1.82) is 0 Å². The lowest BCUT2D eigenvalue weighted by Crippen LogP contribution is -2.34. The fraction of sp³-hybridized carbons (Fsp3) is 0.682. The molecule has 174 valence electrons. The van der Waals surface area contributed by atoms with Crippen molar-refractivity contribution in [2.45, 2.75) is 56.4 Å². The minimum absolute atomic E-state index is 0.0841. The van der Waals surface area contributed by atoms with Gasteiger partial charge in [-0.1, -0.05) is 18.5 Å². The molecule has 9 heteroatoms. The van der Waals surface area contributed by atoms with E-state index < -0.39 is 10.0 Å². The smallest absolute Gasteiger partial charge is 0.251 e. The van der Waals surface area contributed by atoms with Gasteiger partial charge in [0.05, 0.1) is 11.1 Å². The summed E-state index contributed by atoms with van der Waals surface area (Å²) in [7, 11) is -3.83. The van der Waals surface area contributed by atoms with E-state index in [1.807, 2.05) is 0 Å². The zero-order chi connectivity index (χ0) is 22.3. The first-order chi connectivity index (χ1) is 14.8. The van der Waals surface area contributed by atoms with Crippen LogP contribution in [0.5, 0.6) is 0 Å². The molecule has 2 heterocycles. The molecule has 1 aromatic rings. The van der Waals surface area contributed by atoms with Crippen LogP contribution in [-0.4, -0.2) is 64.7 Å². The van der Waals surface area contributed by atoms with Crippen LogP contribution in [0.4, 0.5) is 0 Å². The largest absolute Gasteiger partial charge is 0.377 e. The van der Waals surface area contributed by atoms with Crippen molar-refractivity contribution >= 4 is 27.5 Å². The molecule has 31 heavy (non-hydrogen) atoms. The van der Waals surface area contributed by atoms with E-state index in [9.17, 15) is 13.2 Å². The predicted octanol–water partition coefficient (Wildman–Crippen LogP) is 3.04. The van der Waals surface area contributed by atoms with Gasteiger partial charge in [-0.3, -0.25) is 4.79 Å². The van der Waals surface area contributed by atoms with Gasteiger partial charge in [0.2, 0.25) is 10.0 Å².